The molecule has 10 nitrogen and oxygen atoms in total. The predicted octanol–water partition coefficient (Wildman–Crippen LogP) is 2.64. The molecule has 254 valence electrons. The number of ketones is 1. The number of ether oxygens (including phenoxy) is 1. The quantitative estimate of drug-likeness (QED) is 0.261. The summed E-state index contributed by atoms with van der Waals surface area (Å²) in [5.74, 6) is -12.3. The number of halogens is 6. The number of Topliss-reactive ketones (excluding diaryl/α,β-unsaturated/α-hetero) is 1. The number of likely N-dealkylation sites (tertiary alicyclic amines) is 1. The summed E-state index contributed by atoms with van der Waals surface area (Å²) >= 11 is 0. The fourth-order valence-corrected chi connectivity index (χ4v) is 6.41. The van der Waals surface area contributed by atoms with Gasteiger partial charge in [-0.1, -0.05) is 34.6 Å². The normalized spacial score (nSPS) is 24.8. The highest BCUT2D eigenvalue weighted by Crippen LogP contribution is 2.65. The van der Waals surface area contributed by atoms with E-state index in [9.17, 15) is 50.3 Å². The minimum atomic E-state index is -5.27. The first-order valence-electron chi connectivity index (χ1n) is 14.7. The van der Waals surface area contributed by atoms with Crippen LogP contribution in [-0.4, -0.2) is 78.3 Å². The van der Waals surface area contributed by atoms with Crippen LogP contribution in [0.5, 0.6) is 5.75 Å². The van der Waals surface area contributed by atoms with Gasteiger partial charge < -0.3 is 25.6 Å². The second kappa shape index (κ2) is 12.4. The zero-order valence-electron chi connectivity index (χ0n) is 25.8. The third kappa shape index (κ3) is 6.94. The molecular weight excluding hydrogens is 626 g/mol. The minimum absolute atomic E-state index is 0.00602. The number of carbonyl (C=O) groups excluding carboxylic acids is 5. The molecule has 0 unspecified atom stereocenters. The first-order chi connectivity index (χ1) is 21.2. The number of rotatable bonds is 10. The molecule has 1 saturated carbocycles. The van der Waals surface area contributed by atoms with Gasteiger partial charge in [-0.3, -0.25) is 24.0 Å². The fraction of sp³-hybridized carbons (Fsp3) is 0.633. The van der Waals surface area contributed by atoms with Crippen LogP contribution in [0.1, 0.15) is 47.5 Å². The third-order valence-electron chi connectivity index (χ3n) is 9.15. The van der Waals surface area contributed by atoms with Crippen LogP contribution < -0.4 is 20.7 Å². The van der Waals surface area contributed by atoms with Crippen molar-refractivity contribution in [2.45, 2.75) is 71.8 Å². The topological polar surface area (TPSA) is 134 Å². The Kier molecular flexibility index (Phi) is 9.44. The molecule has 16 heteroatoms. The molecule has 2 aliphatic heterocycles. The van der Waals surface area contributed by atoms with E-state index < -0.39 is 106 Å². The van der Waals surface area contributed by atoms with Crippen molar-refractivity contribution >= 4 is 29.4 Å². The molecule has 46 heavy (non-hydrogen) atoms. The van der Waals surface area contributed by atoms with E-state index in [2.05, 4.69) is 10.6 Å². The molecule has 2 heterocycles. The second-order valence-electron chi connectivity index (χ2n) is 13.7. The van der Waals surface area contributed by atoms with Crippen LogP contribution in [0, 0.1) is 46.0 Å². The maximum Gasteiger partial charge on any atom is 0.471 e. The minimum Gasteiger partial charge on any atom is -0.480 e. The standard InChI is InChI=1S/C30H36F6N4O6/c1-28(2,3)23(39-27(45)30(34,35)36)26(44)40-11-14-19(29(14,4)5)21(40)25(43)38-17(10-13-8-9-37-24(13)42)18(41)12-46-22-16(32)7-6-15(31)20(22)33/h6-7,13-14,17,19,21,23H,8-12H2,1-5H3,(H,37,42)(H,38,43)(H,39,45)/t13-,14-,17-,19-,21-,23+/m0/s1. The molecule has 1 aromatic carbocycles. The summed E-state index contributed by atoms with van der Waals surface area (Å²) in [5, 5.41) is 6.88. The van der Waals surface area contributed by atoms with Gasteiger partial charge in [-0.25, -0.2) is 8.78 Å². The first kappa shape index (κ1) is 35.0. The van der Waals surface area contributed by atoms with Crippen LogP contribution in [0.4, 0.5) is 26.3 Å². The average molecular weight is 663 g/mol. The highest BCUT2D eigenvalue weighted by Gasteiger charge is 2.70. The average Bonchev–Trinajstić information content (AvgIpc) is 3.29. The van der Waals surface area contributed by atoms with Gasteiger partial charge in [0.2, 0.25) is 23.5 Å². The summed E-state index contributed by atoms with van der Waals surface area (Å²) in [6.07, 6.45) is -5.20. The smallest absolute Gasteiger partial charge is 0.471 e. The molecule has 4 amide bonds. The van der Waals surface area contributed by atoms with Gasteiger partial charge in [0.25, 0.3) is 0 Å². The van der Waals surface area contributed by atoms with Gasteiger partial charge in [0.15, 0.2) is 23.2 Å². The number of fused-ring (bicyclic) bond motifs is 1. The van der Waals surface area contributed by atoms with E-state index in [-0.39, 0.29) is 18.9 Å². The van der Waals surface area contributed by atoms with Gasteiger partial charge in [-0.05, 0) is 47.6 Å². The molecule has 0 aromatic heterocycles. The number of carbonyl (C=O) groups is 5. The maximum absolute atomic E-state index is 14.1. The van der Waals surface area contributed by atoms with Crippen LogP contribution in [0.15, 0.2) is 12.1 Å². The molecule has 0 spiro atoms. The number of hydrogen-bond donors (Lipinski definition) is 3. The molecule has 6 atom stereocenters. The number of hydrogen-bond acceptors (Lipinski definition) is 6. The molecule has 1 aliphatic carbocycles. The van der Waals surface area contributed by atoms with Crippen molar-refractivity contribution in [2.75, 3.05) is 19.7 Å². The van der Waals surface area contributed by atoms with Crippen molar-refractivity contribution in [3.63, 3.8) is 0 Å². The van der Waals surface area contributed by atoms with E-state index >= 15 is 0 Å². The molecule has 2 saturated heterocycles. The van der Waals surface area contributed by atoms with Crippen LogP contribution >= 0.6 is 0 Å². The van der Waals surface area contributed by atoms with E-state index in [1.54, 1.807) is 5.32 Å². The summed E-state index contributed by atoms with van der Waals surface area (Å²) in [7, 11) is 0. The van der Waals surface area contributed by atoms with Crippen molar-refractivity contribution in [2.24, 2.45) is 28.6 Å². The summed E-state index contributed by atoms with van der Waals surface area (Å²) in [5.41, 5.74) is -1.65. The molecule has 0 bridgehead atoms. The van der Waals surface area contributed by atoms with E-state index in [1.165, 1.54) is 20.8 Å². The van der Waals surface area contributed by atoms with Crippen molar-refractivity contribution < 1.29 is 55.1 Å². The van der Waals surface area contributed by atoms with Gasteiger partial charge in [-0.2, -0.15) is 17.6 Å². The molecule has 3 aliphatic rings. The Balaban J connectivity index is 1.59. The zero-order valence-corrected chi connectivity index (χ0v) is 25.8. The molecule has 3 fully saturated rings. The number of nitrogens with one attached hydrogen (secondary N) is 3. The van der Waals surface area contributed by atoms with Gasteiger partial charge in [0.05, 0.1) is 6.04 Å². The number of nitrogens with zero attached hydrogens (tertiary/aromatic N) is 1. The SMILES string of the molecule is CC(C)(C)[C@H](NC(=O)C(F)(F)F)C(=O)N1C[C@H]2[C@@H]([C@H]1C(=O)N[C@@H](C[C@@H]1CCNC1=O)C(=O)COc1c(F)ccc(F)c1F)C2(C)C. The summed E-state index contributed by atoms with van der Waals surface area (Å²) < 4.78 is 86.3. The lowest BCUT2D eigenvalue weighted by molar-refractivity contribution is -0.176. The number of piperidine rings is 1. The lowest BCUT2D eigenvalue weighted by atomic mass is 9.85. The van der Waals surface area contributed by atoms with Crippen molar-refractivity contribution in [3.05, 3.63) is 29.6 Å². The predicted molar refractivity (Wildman–Crippen MR) is 148 cm³/mol. The summed E-state index contributed by atoms with van der Waals surface area (Å²) in [4.78, 5) is 66.2. The lowest BCUT2D eigenvalue weighted by Crippen LogP contribution is -2.61. The Labute approximate surface area is 260 Å². The van der Waals surface area contributed by atoms with Crippen molar-refractivity contribution in [1.82, 2.24) is 20.9 Å². The third-order valence-corrected chi connectivity index (χ3v) is 9.15. The largest absolute Gasteiger partial charge is 0.480 e. The van der Waals surface area contributed by atoms with Crippen molar-refractivity contribution in [3.8, 4) is 5.75 Å². The van der Waals surface area contributed by atoms with Gasteiger partial charge >= 0.3 is 12.1 Å². The summed E-state index contributed by atoms with van der Waals surface area (Å²) in [6, 6.07) is -3.25. The maximum atomic E-state index is 14.1. The van der Waals surface area contributed by atoms with Crippen molar-refractivity contribution in [1.29, 1.82) is 0 Å². The molecule has 1 aromatic rings. The van der Waals surface area contributed by atoms with Crippen LogP contribution in [-0.2, 0) is 24.0 Å². The van der Waals surface area contributed by atoms with Gasteiger partial charge in [0, 0.05) is 19.0 Å². The monoisotopic (exact) mass is 662 g/mol. The number of amides is 4. The highest BCUT2D eigenvalue weighted by molar-refractivity contribution is 5.97. The molecule has 0 radical (unpaired) electrons. The Morgan fingerprint density at radius 2 is 1.70 bits per heavy atom. The fourth-order valence-electron chi connectivity index (χ4n) is 6.41. The van der Waals surface area contributed by atoms with E-state index in [1.807, 2.05) is 13.8 Å². The molecular formula is C30H36F6N4O6. The Morgan fingerprint density at radius 1 is 1.07 bits per heavy atom. The van der Waals surface area contributed by atoms with Crippen LogP contribution in [0.3, 0.4) is 0 Å². The lowest BCUT2D eigenvalue weighted by Gasteiger charge is -2.38. The van der Waals surface area contributed by atoms with Crippen LogP contribution in [0.2, 0.25) is 0 Å². The van der Waals surface area contributed by atoms with Crippen LogP contribution in [0.25, 0.3) is 0 Å². The number of benzene rings is 1. The molecule has 4 rings (SSSR count). The number of alkyl halides is 3. The first-order valence-corrected chi connectivity index (χ1v) is 14.7. The Hall–Kier alpha value is -3.85. The zero-order chi connectivity index (χ0) is 34.5. The van der Waals surface area contributed by atoms with Gasteiger partial charge in [0.1, 0.15) is 18.7 Å². The van der Waals surface area contributed by atoms with E-state index in [4.69, 9.17) is 4.74 Å². The summed E-state index contributed by atoms with van der Waals surface area (Å²) in [6.45, 7) is 7.33. The second-order valence-corrected chi connectivity index (χ2v) is 13.7. The highest BCUT2D eigenvalue weighted by atomic mass is 19.4. The Bertz CT molecular complexity index is 1430. The van der Waals surface area contributed by atoms with E-state index in [0.717, 1.165) is 4.90 Å². The Morgan fingerprint density at radius 3 is 2.26 bits per heavy atom. The van der Waals surface area contributed by atoms with Gasteiger partial charge in [-0.15, -0.1) is 0 Å². The van der Waals surface area contributed by atoms with E-state index in [0.29, 0.717) is 25.1 Å². The molecule has 3 N–H and O–H groups in total.